The van der Waals surface area contributed by atoms with Gasteiger partial charge in [-0.1, -0.05) is 55.0 Å². The maximum atomic E-state index is 13.8. The van der Waals surface area contributed by atoms with Crippen LogP contribution in [0.15, 0.2) is 54.6 Å². The van der Waals surface area contributed by atoms with E-state index in [4.69, 9.17) is 4.74 Å². The lowest BCUT2D eigenvalue weighted by Gasteiger charge is -2.43. The van der Waals surface area contributed by atoms with Crippen LogP contribution in [0.3, 0.4) is 0 Å². The van der Waals surface area contributed by atoms with Gasteiger partial charge in [0.05, 0.1) is 17.7 Å². The van der Waals surface area contributed by atoms with Gasteiger partial charge in [-0.05, 0) is 56.2 Å². The topological polar surface area (TPSA) is 84.0 Å². The van der Waals surface area contributed by atoms with Crippen LogP contribution in [-0.4, -0.2) is 68.6 Å². The van der Waals surface area contributed by atoms with Crippen LogP contribution in [0.1, 0.15) is 50.2 Å². The van der Waals surface area contributed by atoms with Crippen LogP contribution in [0.4, 0.5) is 0 Å². The highest BCUT2D eigenvalue weighted by molar-refractivity contribution is 7.91. The Bertz CT molecular complexity index is 1170. The third-order valence-electron chi connectivity index (χ3n) is 7.71. The predicted molar refractivity (Wildman–Crippen MR) is 144 cm³/mol. The molecule has 2 aromatic rings. The molecule has 7 nitrogen and oxygen atoms in total. The van der Waals surface area contributed by atoms with Crippen LogP contribution in [0.5, 0.6) is 5.75 Å². The molecule has 4 rings (SSSR count). The van der Waals surface area contributed by atoms with Gasteiger partial charge < -0.3 is 14.5 Å². The second-order valence-corrected chi connectivity index (χ2v) is 12.3. The minimum Gasteiger partial charge on any atom is -0.491 e. The van der Waals surface area contributed by atoms with Crippen LogP contribution in [0.25, 0.3) is 0 Å². The van der Waals surface area contributed by atoms with Crippen LogP contribution < -0.4 is 4.74 Å². The molecule has 1 saturated heterocycles. The molecule has 37 heavy (non-hydrogen) atoms. The molecular formula is C29H38N2O5S. The number of likely N-dealkylation sites (N-methyl/N-ethyl adjacent to an activating group) is 1. The van der Waals surface area contributed by atoms with Gasteiger partial charge in [-0.2, -0.15) is 0 Å². The Balaban J connectivity index is 1.41. The van der Waals surface area contributed by atoms with Crippen molar-refractivity contribution in [2.24, 2.45) is 5.41 Å². The molecular weight excluding hydrogens is 488 g/mol. The van der Waals surface area contributed by atoms with E-state index in [0.717, 1.165) is 31.4 Å². The second kappa shape index (κ2) is 12.1. The van der Waals surface area contributed by atoms with E-state index >= 15 is 0 Å². The Morgan fingerprint density at radius 2 is 1.65 bits per heavy atom. The average molecular weight is 527 g/mol. The van der Waals surface area contributed by atoms with Gasteiger partial charge in [0.15, 0.2) is 9.84 Å². The molecule has 0 saturated carbocycles. The summed E-state index contributed by atoms with van der Waals surface area (Å²) < 4.78 is 31.4. The fourth-order valence-electron chi connectivity index (χ4n) is 5.55. The van der Waals surface area contributed by atoms with Crippen molar-refractivity contribution in [3.8, 4) is 5.75 Å². The first-order valence-electron chi connectivity index (χ1n) is 13.3. The fourth-order valence-corrected chi connectivity index (χ4v) is 6.91. The van der Waals surface area contributed by atoms with E-state index in [2.05, 4.69) is 6.07 Å². The highest BCUT2D eigenvalue weighted by atomic mass is 32.2. The number of aryl methyl sites for hydroxylation is 1. The summed E-state index contributed by atoms with van der Waals surface area (Å²) in [5, 5.41) is 0. The molecule has 0 bridgehead atoms. The summed E-state index contributed by atoms with van der Waals surface area (Å²) >= 11 is 0. The van der Waals surface area contributed by atoms with Gasteiger partial charge in [-0.15, -0.1) is 0 Å². The van der Waals surface area contributed by atoms with Gasteiger partial charge in [0.1, 0.15) is 18.1 Å². The quantitative estimate of drug-likeness (QED) is 0.591. The first-order chi connectivity index (χ1) is 17.8. The molecule has 1 fully saturated rings. The van der Waals surface area contributed by atoms with Gasteiger partial charge in [0.2, 0.25) is 11.8 Å². The Morgan fingerprint density at radius 3 is 2.38 bits per heavy atom. The summed E-state index contributed by atoms with van der Waals surface area (Å²) in [6.45, 7) is 4.36. The lowest BCUT2D eigenvalue weighted by atomic mass is 9.73. The first-order valence-corrected chi connectivity index (χ1v) is 15.2. The number of carbonyl (C=O) groups is 2. The average Bonchev–Trinajstić information content (AvgIpc) is 2.89. The zero-order valence-corrected chi connectivity index (χ0v) is 22.5. The van der Waals surface area contributed by atoms with Gasteiger partial charge in [0.25, 0.3) is 0 Å². The number of para-hydroxylation sites is 1. The van der Waals surface area contributed by atoms with E-state index in [1.807, 2.05) is 36.1 Å². The molecule has 2 aliphatic heterocycles. The van der Waals surface area contributed by atoms with Crippen LogP contribution in [0, 0.1) is 5.41 Å². The van der Waals surface area contributed by atoms with Crippen molar-refractivity contribution < 1.29 is 22.7 Å². The zero-order valence-electron chi connectivity index (χ0n) is 21.7. The van der Waals surface area contributed by atoms with E-state index in [1.165, 1.54) is 5.56 Å². The summed E-state index contributed by atoms with van der Waals surface area (Å²) in [5.41, 5.74) is 1.36. The van der Waals surface area contributed by atoms with Crippen LogP contribution >= 0.6 is 0 Å². The molecule has 0 aliphatic carbocycles. The molecule has 200 valence electrons. The Morgan fingerprint density at radius 1 is 0.946 bits per heavy atom. The van der Waals surface area contributed by atoms with Crippen molar-refractivity contribution in [1.82, 2.24) is 9.80 Å². The molecule has 2 heterocycles. The number of hydrogen-bond acceptors (Lipinski definition) is 5. The Hall–Kier alpha value is -2.87. The summed E-state index contributed by atoms with van der Waals surface area (Å²) in [7, 11) is -3.57. The van der Waals surface area contributed by atoms with E-state index < -0.39 is 21.0 Å². The maximum absolute atomic E-state index is 13.8. The predicted octanol–water partition coefficient (Wildman–Crippen LogP) is 3.86. The summed E-state index contributed by atoms with van der Waals surface area (Å²) in [6, 6.07) is 17.0. The largest absolute Gasteiger partial charge is 0.491 e. The summed E-state index contributed by atoms with van der Waals surface area (Å²) in [4.78, 5) is 30.2. The summed E-state index contributed by atoms with van der Waals surface area (Å²) in [5.74, 6) is 0.0167. The number of hydrogen-bond donors (Lipinski definition) is 0. The molecule has 8 heteroatoms. The molecule has 2 aliphatic rings. The minimum absolute atomic E-state index is 0.135. The van der Waals surface area contributed by atoms with Crippen LogP contribution in [-0.2, 0) is 31.6 Å². The number of ether oxygens (including phenoxy) is 1. The molecule has 1 spiro atoms. The van der Waals surface area contributed by atoms with Crippen molar-refractivity contribution in [3.63, 3.8) is 0 Å². The van der Waals surface area contributed by atoms with Gasteiger partial charge in [-0.3, -0.25) is 9.59 Å². The number of nitrogens with zero attached hydrogens (tertiary/aromatic N) is 2. The number of amides is 2. The summed E-state index contributed by atoms with van der Waals surface area (Å²) in [6.07, 6.45) is 4.68. The number of rotatable bonds is 5. The fraction of sp³-hybridized carbons (Fsp3) is 0.517. The lowest BCUT2D eigenvalue weighted by molar-refractivity contribution is -0.148. The molecule has 0 aromatic heterocycles. The molecule has 0 atom stereocenters. The molecule has 0 radical (unpaired) electrons. The smallest absolute Gasteiger partial charge is 0.237 e. The third-order valence-corrected chi connectivity index (χ3v) is 9.17. The van der Waals surface area contributed by atoms with Crippen molar-refractivity contribution in [1.29, 1.82) is 0 Å². The van der Waals surface area contributed by atoms with Crippen molar-refractivity contribution in [2.45, 2.75) is 51.2 Å². The normalized spacial score (nSPS) is 18.9. The maximum Gasteiger partial charge on any atom is 0.237 e. The first kappa shape index (κ1) is 27.2. The van der Waals surface area contributed by atoms with Crippen molar-refractivity contribution in [3.05, 3.63) is 65.7 Å². The Kier molecular flexibility index (Phi) is 8.90. The van der Waals surface area contributed by atoms with E-state index in [1.54, 1.807) is 29.2 Å². The third kappa shape index (κ3) is 6.92. The van der Waals surface area contributed by atoms with Gasteiger partial charge in [0, 0.05) is 19.6 Å². The SMILES string of the molecule is CCN1CCOc2ccccc2CCCCC2(CCN(C(=O)CS(=O)(=O)Cc3ccccc3)CC2)C1=O. The van der Waals surface area contributed by atoms with E-state index in [-0.39, 0.29) is 17.6 Å². The van der Waals surface area contributed by atoms with Gasteiger partial charge in [-0.25, -0.2) is 8.42 Å². The standard InChI is InChI=1S/C29H38N2O5S/c1-2-30-20-21-36-26-14-7-6-12-25(26)13-8-9-15-29(28(30)33)16-18-31(19-17-29)27(32)23-37(34,35)22-24-10-4-3-5-11-24/h3-7,10-12,14H,2,8-9,13,15-23H2,1H3. The molecule has 0 unspecified atom stereocenters. The highest BCUT2D eigenvalue weighted by Crippen LogP contribution is 2.39. The number of likely N-dealkylation sites (tertiary alicyclic amines) is 1. The monoisotopic (exact) mass is 526 g/mol. The number of piperidine rings is 1. The van der Waals surface area contributed by atoms with E-state index in [9.17, 15) is 18.0 Å². The van der Waals surface area contributed by atoms with E-state index in [0.29, 0.717) is 51.2 Å². The van der Waals surface area contributed by atoms with Crippen molar-refractivity contribution in [2.75, 3.05) is 38.5 Å². The second-order valence-electron chi connectivity index (χ2n) is 10.2. The van der Waals surface area contributed by atoms with Crippen LogP contribution in [0.2, 0.25) is 0 Å². The highest BCUT2D eigenvalue weighted by Gasteiger charge is 2.44. The number of benzene rings is 2. The molecule has 2 amide bonds. The van der Waals surface area contributed by atoms with Gasteiger partial charge >= 0.3 is 0 Å². The number of sulfone groups is 1. The minimum atomic E-state index is -3.57. The number of carbonyl (C=O) groups excluding carboxylic acids is 2. The Labute approximate surface area is 220 Å². The zero-order chi connectivity index (χ0) is 26.3. The number of fused-ring (bicyclic) bond motifs is 1. The lowest BCUT2D eigenvalue weighted by Crippen LogP contribution is -2.52. The molecule has 0 N–H and O–H groups in total. The molecule has 2 aromatic carbocycles. The van der Waals surface area contributed by atoms with Crippen molar-refractivity contribution >= 4 is 21.7 Å².